The summed E-state index contributed by atoms with van der Waals surface area (Å²) in [6, 6.07) is 3.90. The number of nitrogens with zero attached hydrogens (tertiary/aromatic N) is 3. The fourth-order valence-electron chi connectivity index (χ4n) is 1.46. The Morgan fingerprint density at radius 3 is 3.06 bits per heavy atom. The van der Waals surface area contributed by atoms with E-state index in [4.69, 9.17) is 9.84 Å². The Kier molecular flexibility index (Phi) is 3.50. The maximum atomic E-state index is 10.9. The molecule has 90 valence electrons. The molecule has 0 fully saturated rings. The number of carbonyl (C=O) groups is 1. The first kappa shape index (κ1) is 11.7. The molecular weight excluding hydrogens is 242 g/mol. The molecule has 0 radical (unpaired) electrons. The summed E-state index contributed by atoms with van der Waals surface area (Å²) in [5, 5.41) is 18.4. The number of aromatic nitrogens is 3. The molecule has 0 atom stereocenters. The van der Waals surface area contributed by atoms with Crippen molar-refractivity contribution in [2.24, 2.45) is 0 Å². The number of aromatic carboxylic acids is 1. The number of hydrogen-bond donors (Lipinski definition) is 1. The van der Waals surface area contributed by atoms with E-state index in [9.17, 15) is 4.79 Å². The Morgan fingerprint density at radius 1 is 1.65 bits per heavy atom. The molecule has 0 aliphatic rings. The van der Waals surface area contributed by atoms with Gasteiger partial charge in [-0.3, -0.25) is 0 Å². The summed E-state index contributed by atoms with van der Waals surface area (Å²) >= 11 is 1.59. The van der Waals surface area contributed by atoms with Crippen LogP contribution in [0.4, 0.5) is 0 Å². The summed E-state index contributed by atoms with van der Waals surface area (Å²) in [5.41, 5.74) is 0.428. The van der Waals surface area contributed by atoms with Gasteiger partial charge < -0.3 is 9.84 Å². The smallest absolute Gasteiger partial charge is 0.358 e. The van der Waals surface area contributed by atoms with Crippen LogP contribution in [0, 0.1) is 0 Å². The Bertz CT molecular complexity index is 507. The summed E-state index contributed by atoms with van der Waals surface area (Å²) in [7, 11) is 1.51. The Morgan fingerprint density at radius 2 is 2.47 bits per heavy atom. The van der Waals surface area contributed by atoms with Crippen molar-refractivity contribution in [2.75, 3.05) is 7.11 Å². The van der Waals surface area contributed by atoms with Crippen LogP contribution in [-0.2, 0) is 17.9 Å². The largest absolute Gasteiger partial charge is 0.476 e. The van der Waals surface area contributed by atoms with Gasteiger partial charge in [-0.15, -0.1) is 16.4 Å². The maximum Gasteiger partial charge on any atom is 0.358 e. The summed E-state index contributed by atoms with van der Waals surface area (Å²) in [5.74, 6) is -1.09. The van der Waals surface area contributed by atoms with Crippen molar-refractivity contribution in [1.82, 2.24) is 15.0 Å². The van der Waals surface area contributed by atoms with Gasteiger partial charge in [0.15, 0.2) is 5.69 Å². The predicted octanol–water partition coefficient (Wildman–Crippen LogP) is 1.23. The molecule has 0 amide bonds. The second-order valence-electron chi connectivity index (χ2n) is 3.36. The van der Waals surface area contributed by atoms with Crippen LogP contribution in [0.5, 0.6) is 0 Å². The quantitative estimate of drug-likeness (QED) is 0.867. The molecule has 2 rings (SSSR count). The number of rotatable bonds is 5. The number of hydrogen-bond acceptors (Lipinski definition) is 5. The first-order valence-electron chi connectivity index (χ1n) is 4.89. The van der Waals surface area contributed by atoms with Crippen LogP contribution in [0.15, 0.2) is 17.5 Å². The molecule has 2 aromatic heterocycles. The molecule has 17 heavy (non-hydrogen) atoms. The molecule has 0 spiro atoms. The van der Waals surface area contributed by atoms with E-state index in [0.717, 1.165) is 4.88 Å². The minimum Gasteiger partial charge on any atom is -0.476 e. The van der Waals surface area contributed by atoms with Gasteiger partial charge in [-0.1, -0.05) is 11.3 Å². The average Bonchev–Trinajstić information content (AvgIpc) is 2.90. The van der Waals surface area contributed by atoms with Crippen LogP contribution in [0.3, 0.4) is 0 Å². The number of thiophene rings is 1. The van der Waals surface area contributed by atoms with Crippen LogP contribution in [-0.4, -0.2) is 33.2 Å². The number of carboxylic acid groups (broad SMARTS) is 1. The third-order valence-electron chi connectivity index (χ3n) is 2.21. The summed E-state index contributed by atoms with van der Waals surface area (Å²) in [6.07, 6.45) is 0. The van der Waals surface area contributed by atoms with E-state index >= 15 is 0 Å². The normalized spacial score (nSPS) is 10.6. The summed E-state index contributed by atoms with van der Waals surface area (Å²) in [4.78, 5) is 12.0. The Hall–Kier alpha value is -1.73. The summed E-state index contributed by atoms with van der Waals surface area (Å²) < 4.78 is 6.53. The van der Waals surface area contributed by atoms with Gasteiger partial charge in [0.05, 0.1) is 18.8 Å². The number of methoxy groups -OCH3 is 1. The van der Waals surface area contributed by atoms with Crippen molar-refractivity contribution in [2.45, 2.75) is 13.2 Å². The molecule has 0 aliphatic heterocycles. The molecule has 2 aromatic rings. The van der Waals surface area contributed by atoms with E-state index in [-0.39, 0.29) is 12.3 Å². The van der Waals surface area contributed by atoms with Crippen molar-refractivity contribution in [3.05, 3.63) is 33.8 Å². The molecule has 1 N–H and O–H groups in total. The van der Waals surface area contributed by atoms with E-state index in [1.54, 1.807) is 16.0 Å². The van der Waals surface area contributed by atoms with Crippen molar-refractivity contribution < 1.29 is 14.6 Å². The van der Waals surface area contributed by atoms with Crippen molar-refractivity contribution >= 4 is 17.3 Å². The van der Waals surface area contributed by atoms with E-state index in [2.05, 4.69) is 10.3 Å². The van der Waals surface area contributed by atoms with E-state index in [1.807, 2.05) is 17.5 Å². The van der Waals surface area contributed by atoms with Crippen molar-refractivity contribution in [1.29, 1.82) is 0 Å². The van der Waals surface area contributed by atoms with Crippen LogP contribution < -0.4 is 0 Å². The highest BCUT2D eigenvalue weighted by Crippen LogP contribution is 2.13. The molecule has 0 aliphatic carbocycles. The van der Waals surface area contributed by atoms with Gasteiger partial charge in [-0.2, -0.15) is 0 Å². The third-order valence-corrected chi connectivity index (χ3v) is 3.07. The zero-order valence-corrected chi connectivity index (χ0v) is 9.98. The molecule has 6 nitrogen and oxygen atoms in total. The van der Waals surface area contributed by atoms with Gasteiger partial charge in [-0.05, 0) is 11.4 Å². The third kappa shape index (κ3) is 2.51. The fourth-order valence-corrected chi connectivity index (χ4v) is 2.14. The fraction of sp³-hybridized carbons (Fsp3) is 0.300. The van der Waals surface area contributed by atoms with Crippen molar-refractivity contribution in [3.63, 3.8) is 0 Å². The van der Waals surface area contributed by atoms with Gasteiger partial charge in [0.2, 0.25) is 0 Å². The van der Waals surface area contributed by atoms with Crippen LogP contribution in [0.1, 0.15) is 21.1 Å². The Labute approximate surface area is 101 Å². The van der Waals surface area contributed by atoms with Gasteiger partial charge in [0.25, 0.3) is 0 Å². The first-order chi connectivity index (χ1) is 8.22. The molecule has 0 bridgehead atoms. The SMILES string of the molecule is COCc1c(C(=O)O)nnn1Cc1cccs1. The summed E-state index contributed by atoms with van der Waals surface area (Å²) in [6.45, 7) is 0.691. The van der Waals surface area contributed by atoms with Crippen LogP contribution in [0.2, 0.25) is 0 Å². The lowest BCUT2D eigenvalue weighted by atomic mass is 10.3. The molecule has 0 unspecified atom stereocenters. The zero-order chi connectivity index (χ0) is 12.3. The minimum atomic E-state index is -1.09. The lowest BCUT2D eigenvalue weighted by Crippen LogP contribution is -2.09. The highest BCUT2D eigenvalue weighted by molar-refractivity contribution is 7.09. The second kappa shape index (κ2) is 5.07. The van der Waals surface area contributed by atoms with Gasteiger partial charge in [0.1, 0.15) is 0 Å². The lowest BCUT2D eigenvalue weighted by Gasteiger charge is -2.04. The van der Waals surface area contributed by atoms with E-state index < -0.39 is 5.97 Å². The molecule has 0 aromatic carbocycles. The molecule has 0 saturated heterocycles. The maximum absolute atomic E-state index is 10.9. The lowest BCUT2D eigenvalue weighted by molar-refractivity contribution is 0.0684. The highest BCUT2D eigenvalue weighted by atomic mass is 32.1. The zero-order valence-electron chi connectivity index (χ0n) is 9.16. The molecule has 7 heteroatoms. The van der Waals surface area contributed by atoms with Gasteiger partial charge in [-0.25, -0.2) is 9.48 Å². The van der Waals surface area contributed by atoms with Crippen LogP contribution >= 0.6 is 11.3 Å². The number of carboxylic acids is 1. The molecule has 2 heterocycles. The number of ether oxygens (including phenoxy) is 1. The highest BCUT2D eigenvalue weighted by Gasteiger charge is 2.18. The van der Waals surface area contributed by atoms with Gasteiger partial charge >= 0.3 is 5.97 Å². The van der Waals surface area contributed by atoms with Gasteiger partial charge in [0, 0.05) is 12.0 Å². The second-order valence-corrected chi connectivity index (χ2v) is 4.39. The standard InChI is InChI=1S/C10H11N3O3S/c1-16-6-8-9(10(14)15)11-12-13(8)5-7-3-2-4-17-7/h2-4H,5-6H2,1H3,(H,14,15). The molecular formula is C10H11N3O3S. The molecule has 0 saturated carbocycles. The van der Waals surface area contributed by atoms with Crippen molar-refractivity contribution in [3.8, 4) is 0 Å². The monoisotopic (exact) mass is 253 g/mol. The van der Waals surface area contributed by atoms with E-state index in [1.165, 1.54) is 7.11 Å². The predicted molar refractivity (Wildman–Crippen MR) is 61.1 cm³/mol. The first-order valence-corrected chi connectivity index (χ1v) is 5.77. The van der Waals surface area contributed by atoms with Crippen LogP contribution in [0.25, 0.3) is 0 Å². The average molecular weight is 253 g/mol. The van der Waals surface area contributed by atoms with E-state index in [0.29, 0.717) is 12.2 Å². The topological polar surface area (TPSA) is 77.2 Å². The Balaban J connectivity index is 2.30. The minimum absolute atomic E-state index is 0.0524.